The smallest absolute Gasteiger partial charge is 0.250 e. The predicted octanol–water partition coefficient (Wildman–Crippen LogP) is 4.51. The number of hydrogen-bond acceptors (Lipinski definition) is 5. The molecule has 1 heterocycles. The van der Waals surface area contributed by atoms with Gasteiger partial charge in [-0.1, -0.05) is 65.8 Å². The average molecular weight is 446 g/mol. The third kappa shape index (κ3) is 5.14. The van der Waals surface area contributed by atoms with E-state index in [1.807, 2.05) is 24.3 Å². The molecule has 0 aliphatic heterocycles. The van der Waals surface area contributed by atoms with Crippen molar-refractivity contribution < 1.29 is 4.79 Å². The first kappa shape index (κ1) is 20.9. The molecule has 1 aliphatic rings. The van der Waals surface area contributed by atoms with Crippen molar-refractivity contribution in [2.24, 2.45) is 5.73 Å². The number of nitrogen functional groups attached to an aromatic ring is 1. The van der Waals surface area contributed by atoms with Gasteiger partial charge in [-0.05, 0) is 24.6 Å². The average Bonchev–Trinajstić information content (AvgIpc) is 2.91. The molecule has 1 aliphatic carbocycles. The first-order valence-electron chi connectivity index (χ1n) is 8.52. The lowest BCUT2D eigenvalue weighted by Gasteiger charge is -2.12. The second-order valence-corrected chi connectivity index (χ2v) is 7.28. The van der Waals surface area contributed by atoms with Gasteiger partial charge in [-0.15, -0.1) is 0 Å². The van der Waals surface area contributed by atoms with Crippen molar-refractivity contribution in [3.05, 3.63) is 80.6 Å². The number of nitrogens with zero attached hydrogens (tertiary/aromatic N) is 1. The highest BCUT2D eigenvalue weighted by Gasteiger charge is 2.15. The maximum absolute atomic E-state index is 12.4. The summed E-state index contributed by atoms with van der Waals surface area (Å²) in [6, 6.07) is 5.02. The summed E-state index contributed by atoms with van der Waals surface area (Å²) in [5.41, 5.74) is 14.3. The van der Waals surface area contributed by atoms with Gasteiger partial charge in [0.25, 0.3) is 0 Å². The predicted molar refractivity (Wildman–Crippen MR) is 121 cm³/mol. The fraction of sp³-hybridized carbons (Fsp3) is 0.0500. The molecule has 0 atom stereocenters. The van der Waals surface area contributed by atoms with E-state index in [2.05, 4.69) is 15.3 Å². The van der Waals surface area contributed by atoms with Gasteiger partial charge >= 0.3 is 0 Å². The van der Waals surface area contributed by atoms with Crippen molar-refractivity contribution in [2.45, 2.75) is 6.42 Å². The largest absolute Gasteiger partial charge is 0.398 e. The molecular formula is C20H17Cl2N5OS. The summed E-state index contributed by atoms with van der Waals surface area (Å²) in [5.74, 6) is -0.287. The Morgan fingerprint density at radius 1 is 1.28 bits per heavy atom. The summed E-state index contributed by atoms with van der Waals surface area (Å²) >= 11 is 17.5. The van der Waals surface area contributed by atoms with E-state index in [-0.39, 0.29) is 16.3 Å². The van der Waals surface area contributed by atoms with Gasteiger partial charge in [-0.3, -0.25) is 4.79 Å². The van der Waals surface area contributed by atoms with E-state index in [1.54, 1.807) is 24.3 Å². The van der Waals surface area contributed by atoms with Gasteiger partial charge in [0.05, 0.1) is 21.3 Å². The number of H-pyrrole nitrogens is 1. The molecule has 29 heavy (non-hydrogen) atoms. The van der Waals surface area contributed by atoms with Crippen LogP contribution in [0.2, 0.25) is 10.0 Å². The molecule has 1 aromatic heterocycles. The number of aromatic amines is 1. The first-order chi connectivity index (χ1) is 13.8. The fourth-order valence-corrected chi connectivity index (χ4v) is 3.31. The molecule has 0 fully saturated rings. The zero-order valence-electron chi connectivity index (χ0n) is 15.1. The van der Waals surface area contributed by atoms with Crippen LogP contribution >= 0.6 is 35.4 Å². The summed E-state index contributed by atoms with van der Waals surface area (Å²) < 4.78 is 0.154. The van der Waals surface area contributed by atoms with Gasteiger partial charge in [0.1, 0.15) is 4.64 Å². The Balaban J connectivity index is 1.99. The van der Waals surface area contributed by atoms with Crippen molar-refractivity contribution in [1.82, 2.24) is 15.3 Å². The van der Waals surface area contributed by atoms with Crippen LogP contribution in [0.1, 0.15) is 12.0 Å². The lowest BCUT2D eigenvalue weighted by Crippen LogP contribution is -2.21. The minimum atomic E-state index is -0.397. The molecule has 6 N–H and O–H groups in total. The van der Waals surface area contributed by atoms with Crippen LogP contribution in [-0.2, 0) is 4.79 Å². The molecule has 2 aromatic rings. The molecule has 1 amide bonds. The molecule has 0 spiro atoms. The molecular weight excluding hydrogens is 429 g/mol. The van der Waals surface area contributed by atoms with Gasteiger partial charge in [-0.25, -0.2) is 4.98 Å². The zero-order valence-corrected chi connectivity index (χ0v) is 17.4. The third-order valence-electron chi connectivity index (χ3n) is 3.99. The second-order valence-electron chi connectivity index (χ2n) is 6.08. The van der Waals surface area contributed by atoms with E-state index in [0.29, 0.717) is 32.6 Å². The summed E-state index contributed by atoms with van der Waals surface area (Å²) in [7, 11) is 0. The number of carbonyl (C=O) groups is 1. The lowest BCUT2D eigenvalue weighted by molar-refractivity contribution is -0.115. The van der Waals surface area contributed by atoms with E-state index < -0.39 is 5.91 Å². The van der Waals surface area contributed by atoms with Crippen LogP contribution in [-0.4, -0.2) is 15.9 Å². The van der Waals surface area contributed by atoms with Crippen molar-refractivity contribution >= 4 is 53.0 Å². The normalized spacial score (nSPS) is 13.7. The number of halogens is 2. The van der Waals surface area contributed by atoms with Crippen molar-refractivity contribution in [3.8, 4) is 11.3 Å². The Hall–Kier alpha value is -2.87. The molecule has 0 unspecified atom stereocenters. The lowest BCUT2D eigenvalue weighted by atomic mass is 10.0. The number of nitrogens with two attached hydrogens (primary N) is 2. The highest BCUT2D eigenvalue weighted by molar-refractivity contribution is 7.71. The van der Waals surface area contributed by atoms with Gasteiger partial charge in [0, 0.05) is 23.0 Å². The Kier molecular flexibility index (Phi) is 6.53. The standard InChI is InChI=1S/C20H17Cl2N5OS/c21-13-8-7-11(9-14(13)22)18-17(19(29)27-20(24)26-18)15(23)10-16(28)25-12-5-3-1-2-4-6-12/h1-3,5-10H,4,23H2,(H,25,28)(H3,24,26,27,29)/b15-10-. The molecule has 1 aromatic carbocycles. The van der Waals surface area contributed by atoms with Crippen molar-refractivity contribution in [2.75, 3.05) is 5.73 Å². The molecule has 6 nitrogen and oxygen atoms in total. The summed E-state index contributed by atoms with van der Waals surface area (Å²) in [6.07, 6.45) is 11.4. The highest BCUT2D eigenvalue weighted by atomic mass is 35.5. The van der Waals surface area contributed by atoms with Crippen LogP contribution in [0.25, 0.3) is 17.0 Å². The minimum Gasteiger partial charge on any atom is -0.398 e. The highest BCUT2D eigenvalue weighted by Crippen LogP contribution is 2.31. The van der Waals surface area contributed by atoms with E-state index >= 15 is 0 Å². The number of anilines is 1. The molecule has 0 saturated heterocycles. The van der Waals surface area contributed by atoms with Crippen LogP contribution in [0.3, 0.4) is 0 Å². The topological polar surface area (TPSA) is 110 Å². The number of allylic oxidation sites excluding steroid dienone is 5. The maximum atomic E-state index is 12.4. The maximum Gasteiger partial charge on any atom is 0.250 e. The van der Waals surface area contributed by atoms with E-state index in [4.69, 9.17) is 46.9 Å². The van der Waals surface area contributed by atoms with Gasteiger partial charge in [0.2, 0.25) is 5.91 Å². The molecule has 3 rings (SSSR count). The number of nitrogens with one attached hydrogen (secondary N) is 2. The van der Waals surface area contributed by atoms with E-state index in [0.717, 1.165) is 6.42 Å². The Morgan fingerprint density at radius 3 is 2.83 bits per heavy atom. The van der Waals surface area contributed by atoms with Crippen molar-refractivity contribution in [1.29, 1.82) is 0 Å². The molecule has 9 heteroatoms. The molecule has 148 valence electrons. The Morgan fingerprint density at radius 2 is 2.07 bits per heavy atom. The molecule has 0 bridgehead atoms. The van der Waals surface area contributed by atoms with Crippen LogP contribution in [0.4, 0.5) is 5.95 Å². The zero-order chi connectivity index (χ0) is 21.0. The van der Waals surface area contributed by atoms with E-state index in [9.17, 15) is 4.79 Å². The minimum absolute atomic E-state index is 0.110. The van der Waals surface area contributed by atoms with Gasteiger partial charge in [-0.2, -0.15) is 0 Å². The van der Waals surface area contributed by atoms with E-state index in [1.165, 1.54) is 6.08 Å². The third-order valence-corrected chi connectivity index (χ3v) is 5.02. The number of aromatic nitrogens is 2. The number of rotatable bonds is 4. The SMILES string of the molecule is N/C(=C\C(=O)NC1=CCC=CC=C1)c1c(-c2ccc(Cl)c(Cl)c2)[nH]c(N)nc1=S. The number of amides is 1. The molecule has 0 saturated carbocycles. The first-order valence-corrected chi connectivity index (χ1v) is 9.68. The summed E-state index contributed by atoms with van der Waals surface area (Å²) in [4.78, 5) is 19.4. The monoisotopic (exact) mass is 445 g/mol. The van der Waals surface area contributed by atoms with Crippen LogP contribution in [0.15, 0.2) is 60.4 Å². The fourth-order valence-electron chi connectivity index (χ4n) is 2.69. The molecule has 0 radical (unpaired) electrons. The van der Waals surface area contributed by atoms with Gasteiger partial charge in [0.15, 0.2) is 5.95 Å². The summed E-state index contributed by atoms with van der Waals surface area (Å²) in [6.45, 7) is 0. The van der Waals surface area contributed by atoms with Crippen molar-refractivity contribution in [3.63, 3.8) is 0 Å². The summed E-state index contributed by atoms with van der Waals surface area (Å²) in [5, 5.41) is 3.53. The Labute approximate surface area is 182 Å². The Bertz CT molecular complexity index is 1150. The van der Waals surface area contributed by atoms with Gasteiger partial charge < -0.3 is 21.8 Å². The van der Waals surface area contributed by atoms with Crippen LogP contribution in [0.5, 0.6) is 0 Å². The number of benzene rings is 1. The van der Waals surface area contributed by atoms with Crippen LogP contribution in [0, 0.1) is 4.64 Å². The quantitative estimate of drug-likeness (QED) is 0.408. The van der Waals surface area contributed by atoms with Crippen LogP contribution < -0.4 is 16.8 Å². The number of hydrogen-bond donors (Lipinski definition) is 4. The number of carbonyl (C=O) groups excluding carboxylic acids is 1. The second kappa shape index (κ2) is 9.09.